The number of carboxylic acids is 1. The van der Waals surface area contributed by atoms with Crippen molar-refractivity contribution in [2.75, 3.05) is 25.7 Å². The van der Waals surface area contributed by atoms with E-state index in [1.807, 2.05) is 0 Å². The van der Waals surface area contributed by atoms with E-state index in [0.29, 0.717) is 30.0 Å². The van der Waals surface area contributed by atoms with Crippen LogP contribution in [0.3, 0.4) is 0 Å². The van der Waals surface area contributed by atoms with Crippen molar-refractivity contribution in [2.24, 2.45) is 0 Å². The fourth-order valence-corrected chi connectivity index (χ4v) is 1.73. The zero-order valence-corrected chi connectivity index (χ0v) is 11.0. The highest BCUT2D eigenvalue weighted by atomic mass is 16.5. The highest BCUT2D eigenvalue weighted by molar-refractivity contribution is 5.83. The molecule has 0 atom stereocenters. The average Bonchev–Trinajstić information content (AvgIpc) is 2.42. The second-order valence-corrected chi connectivity index (χ2v) is 3.81. The molecule has 1 rings (SSSR count). The Hall–Kier alpha value is -2.24. The standard InChI is InChI=1S/C13H17NO5/c1-18-10-5-3-6-11(19-2)13(10)14(9-15)8-4-7-12(16)17/h3,5-6,9H,4,7-8H2,1-2H3,(H,16,17). The number of hydrogen-bond acceptors (Lipinski definition) is 4. The monoisotopic (exact) mass is 267 g/mol. The summed E-state index contributed by atoms with van der Waals surface area (Å²) in [6.45, 7) is 0.284. The van der Waals surface area contributed by atoms with Gasteiger partial charge in [-0.1, -0.05) is 6.07 Å². The number of benzene rings is 1. The zero-order valence-electron chi connectivity index (χ0n) is 11.0. The van der Waals surface area contributed by atoms with Crippen LogP contribution in [0.2, 0.25) is 0 Å². The molecule has 0 fully saturated rings. The van der Waals surface area contributed by atoms with E-state index in [2.05, 4.69) is 0 Å². The van der Waals surface area contributed by atoms with Crippen molar-refractivity contribution in [2.45, 2.75) is 12.8 Å². The van der Waals surface area contributed by atoms with Crippen LogP contribution >= 0.6 is 0 Å². The fourth-order valence-electron chi connectivity index (χ4n) is 1.73. The molecule has 0 spiro atoms. The molecule has 0 saturated carbocycles. The van der Waals surface area contributed by atoms with Gasteiger partial charge in [0.15, 0.2) is 0 Å². The third-order valence-corrected chi connectivity index (χ3v) is 2.61. The Balaban J connectivity index is 2.95. The Morgan fingerprint density at radius 3 is 2.32 bits per heavy atom. The van der Waals surface area contributed by atoms with Crippen LogP contribution in [0.1, 0.15) is 12.8 Å². The van der Waals surface area contributed by atoms with Gasteiger partial charge < -0.3 is 19.5 Å². The molecule has 0 aliphatic rings. The van der Waals surface area contributed by atoms with Crippen molar-refractivity contribution in [3.8, 4) is 11.5 Å². The van der Waals surface area contributed by atoms with E-state index >= 15 is 0 Å². The lowest BCUT2D eigenvalue weighted by molar-refractivity contribution is -0.137. The van der Waals surface area contributed by atoms with Crippen LogP contribution in [0, 0.1) is 0 Å². The smallest absolute Gasteiger partial charge is 0.303 e. The van der Waals surface area contributed by atoms with Gasteiger partial charge >= 0.3 is 5.97 Å². The van der Waals surface area contributed by atoms with Crippen molar-refractivity contribution in [3.63, 3.8) is 0 Å². The minimum atomic E-state index is -0.891. The summed E-state index contributed by atoms with van der Waals surface area (Å²) in [5, 5.41) is 8.61. The lowest BCUT2D eigenvalue weighted by Crippen LogP contribution is -2.24. The molecule has 1 amide bonds. The maximum Gasteiger partial charge on any atom is 0.303 e. The first-order valence-corrected chi connectivity index (χ1v) is 5.78. The van der Waals surface area contributed by atoms with E-state index in [1.165, 1.54) is 19.1 Å². The highest BCUT2D eigenvalue weighted by Gasteiger charge is 2.17. The van der Waals surface area contributed by atoms with Gasteiger partial charge in [-0.3, -0.25) is 9.59 Å². The van der Waals surface area contributed by atoms with E-state index in [-0.39, 0.29) is 13.0 Å². The molecular weight excluding hydrogens is 250 g/mol. The fraction of sp³-hybridized carbons (Fsp3) is 0.385. The number of carbonyl (C=O) groups is 2. The van der Waals surface area contributed by atoms with E-state index in [1.54, 1.807) is 18.2 Å². The molecule has 104 valence electrons. The van der Waals surface area contributed by atoms with Gasteiger partial charge in [0.2, 0.25) is 6.41 Å². The van der Waals surface area contributed by atoms with Crippen LogP contribution < -0.4 is 14.4 Å². The van der Waals surface area contributed by atoms with Crippen molar-refractivity contribution >= 4 is 18.1 Å². The van der Waals surface area contributed by atoms with Crippen LogP contribution in [0.4, 0.5) is 5.69 Å². The Bertz CT molecular complexity index is 424. The topological polar surface area (TPSA) is 76.1 Å². The maximum atomic E-state index is 11.2. The molecule has 6 nitrogen and oxygen atoms in total. The van der Waals surface area contributed by atoms with Crippen LogP contribution in [0.25, 0.3) is 0 Å². The number of ether oxygens (including phenoxy) is 2. The molecule has 1 aromatic rings. The number of rotatable bonds is 8. The van der Waals surface area contributed by atoms with Gasteiger partial charge in [-0.05, 0) is 18.6 Å². The van der Waals surface area contributed by atoms with E-state index < -0.39 is 5.97 Å². The Labute approximate surface area is 111 Å². The summed E-state index contributed by atoms with van der Waals surface area (Å²) in [5.41, 5.74) is 0.507. The Morgan fingerprint density at radius 1 is 1.32 bits per heavy atom. The van der Waals surface area contributed by atoms with Gasteiger partial charge in [0.25, 0.3) is 0 Å². The lowest BCUT2D eigenvalue weighted by Gasteiger charge is -2.22. The van der Waals surface area contributed by atoms with Crippen LogP contribution in [0.15, 0.2) is 18.2 Å². The summed E-state index contributed by atoms with van der Waals surface area (Å²) in [6, 6.07) is 5.18. The second kappa shape index (κ2) is 7.25. The predicted octanol–water partition coefficient (Wildman–Crippen LogP) is 1.53. The molecular formula is C13H17NO5. The largest absolute Gasteiger partial charge is 0.494 e. The van der Waals surface area contributed by atoms with Crippen molar-refractivity contribution in [1.82, 2.24) is 0 Å². The first-order chi connectivity index (χ1) is 9.13. The summed E-state index contributed by atoms with van der Waals surface area (Å²) in [7, 11) is 3.00. The maximum absolute atomic E-state index is 11.2. The number of amides is 1. The van der Waals surface area contributed by atoms with Crippen molar-refractivity contribution < 1.29 is 24.2 Å². The van der Waals surface area contributed by atoms with Gasteiger partial charge in [-0.2, -0.15) is 0 Å². The minimum Gasteiger partial charge on any atom is -0.494 e. The van der Waals surface area contributed by atoms with Crippen molar-refractivity contribution in [3.05, 3.63) is 18.2 Å². The number of nitrogens with zero attached hydrogens (tertiary/aromatic N) is 1. The number of anilines is 1. The molecule has 0 radical (unpaired) electrons. The SMILES string of the molecule is COc1cccc(OC)c1N(C=O)CCCC(=O)O. The number of methoxy groups -OCH3 is 2. The minimum absolute atomic E-state index is 0.00179. The lowest BCUT2D eigenvalue weighted by atomic mass is 10.2. The van der Waals surface area contributed by atoms with E-state index in [4.69, 9.17) is 14.6 Å². The van der Waals surface area contributed by atoms with Gasteiger partial charge in [-0.25, -0.2) is 0 Å². The molecule has 0 heterocycles. The normalized spacial score (nSPS) is 9.79. The van der Waals surface area contributed by atoms with E-state index in [9.17, 15) is 9.59 Å². The van der Waals surface area contributed by atoms with Gasteiger partial charge in [-0.15, -0.1) is 0 Å². The first kappa shape index (κ1) is 14.8. The Kier molecular flexibility index (Phi) is 5.66. The molecule has 6 heteroatoms. The molecule has 1 aromatic carbocycles. The van der Waals surface area contributed by atoms with Crippen LogP contribution in [-0.2, 0) is 9.59 Å². The predicted molar refractivity (Wildman–Crippen MR) is 69.8 cm³/mol. The number of para-hydroxylation sites is 1. The molecule has 0 bridgehead atoms. The number of carbonyl (C=O) groups excluding carboxylic acids is 1. The first-order valence-electron chi connectivity index (χ1n) is 5.78. The summed E-state index contributed by atoms with van der Waals surface area (Å²) in [4.78, 5) is 23.1. The third kappa shape index (κ3) is 3.87. The molecule has 0 aliphatic carbocycles. The average molecular weight is 267 g/mol. The van der Waals surface area contributed by atoms with E-state index in [0.717, 1.165) is 0 Å². The zero-order chi connectivity index (χ0) is 14.3. The number of aliphatic carboxylic acids is 1. The summed E-state index contributed by atoms with van der Waals surface area (Å²) in [6.07, 6.45) is 0.999. The molecule has 0 saturated heterocycles. The van der Waals surface area contributed by atoms with Crippen LogP contribution in [-0.4, -0.2) is 38.3 Å². The molecule has 0 unspecified atom stereocenters. The summed E-state index contributed by atoms with van der Waals surface area (Å²) >= 11 is 0. The van der Waals surface area contributed by atoms with Crippen LogP contribution in [0.5, 0.6) is 11.5 Å². The summed E-state index contributed by atoms with van der Waals surface area (Å²) in [5.74, 6) is 0.112. The second-order valence-electron chi connectivity index (χ2n) is 3.81. The van der Waals surface area contributed by atoms with Gasteiger partial charge in [0.05, 0.1) is 14.2 Å². The molecule has 0 aliphatic heterocycles. The molecule has 0 aromatic heterocycles. The van der Waals surface area contributed by atoms with Gasteiger partial charge in [0.1, 0.15) is 17.2 Å². The Morgan fingerprint density at radius 2 is 1.89 bits per heavy atom. The molecule has 19 heavy (non-hydrogen) atoms. The number of hydrogen-bond donors (Lipinski definition) is 1. The summed E-state index contributed by atoms with van der Waals surface area (Å²) < 4.78 is 10.4. The van der Waals surface area contributed by atoms with Gasteiger partial charge in [0, 0.05) is 13.0 Å². The van der Waals surface area contributed by atoms with Crippen molar-refractivity contribution in [1.29, 1.82) is 0 Å². The quantitative estimate of drug-likeness (QED) is 0.723. The highest BCUT2D eigenvalue weighted by Crippen LogP contribution is 2.37. The third-order valence-electron chi connectivity index (χ3n) is 2.61. The number of carboxylic acid groups (broad SMARTS) is 1. The molecule has 1 N–H and O–H groups in total.